The van der Waals surface area contributed by atoms with Crippen LogP contribution in [0.5, 0.6) is 0 Å². The molecule has 0 unspecified atom stereocenters. The lowest BCUT2D eigenvalue weighted by atomic mass is 10.2. The third kappa shape index (κ3) is 4.52. The second-order valence-electron chi connectivity index (χ2n) is 5.14. The van der Waals surface area contributed by atoms with Crippen LogP contribution in [0.3, 0.4) is 0 Å². The monoisotopic (exact) mass is 335 g/mol. The van der Waals surface area contributed by atoms with Crippen molar-refractivity contribution >= 4 is 46.4 Å². The summed E-state index contributed by atoms with van der Waals surface area (Å²) in [6.45, 7) is 2.58. The van der Waals surface area contributed by atoms with Crippen molar-refractivity contribution in [2.45, 2.75) is 25.7 Å². The molecule has 1 aliphatic heterocycles. The predicted molar refractivity (Wildman–Crippen MR) is 84.1 cm³/mol. The summed E-state index contributed by atoms with van der Waals surface area (Å²) in [5, 5.41) is 3.98. The first kappa shape index (κ1) is 15.9. The molecule has 1 aromatic carbocycles. The molecule has 0 saturated carbocycles. The van der Waals surface area contributed by atoms with E-state index in [-0.39, 0.29) is 5.91 Å². The summed E-state index contributed by atoms with van der Waals surface area (Å²) in [4.78, 5) is 13.4. The van der Waals surface area contributed by atoms with Gasteiger partial charge in [-0.1, -0.05) is 34.8 Å². The molecule has 0 aromatic heterocycles. The molecule has 2 rings (SSSR count). The van der Waals surface area contributed by atoms with E-state index >= 15 is 0 Å². The number of anilines is 1. The minimum absolute atomic E-state index is 0.0396. The molecule has 1 saturated heterocycles. The molecule has 1 amide bonds. The van der Waals surface area contributed by atoms with Gasteiger partial charge in [0.2, 0.25) is 0 Å². The van der Waals surface area contributed by atoms with Crippen LogP contribution in [0.1, 0.15) is 25.7 Å². The summed E-state index contributed by atoms with van der Waals surface area (Å²) < 4.78 is 0. The maximum absolute atomic E-state index is 12.1. The molecular formula is C14H18Cl3N2O+. The molecule has 0 atom stereocenters. The normalized spacial score (nSPS) is 16.8. The number of quaternary nitrogens is 1. The highest BCUT2D eigenvalue weighted by Gasteiger charge is 2.17. The van der Waals surface area contributed by atoms with Crippen LogP contribution >= 0.6 is 34.8 Å². The van der Waals surface area contributed by atoms with E-state index in [9.17, 15) is 4.79 Å². The number of carbonyl (C=O) groups is 1. The van der Waals surface area contributed by atoms with Crippen LogP contribution < -0.4 is 10.2 Å². The van der Waals surface area contributed by atoms with Gasteiger partial charge in [-0.25, -0.2) is 0 Å². The highest BCUT2D eigenvalue weighted by atomic mass is 35.5. The van der Waals surface area contributed by atoms with Crippen LogP contribution in [0.4, 0.5) is 5.69 Å². The first-order valence-electron chi connectivity index (χ1n) is 6.84. The van der Waals surface area contributed by atoms with E-state index in [1.807, 2.05) is 0 Å². The van der Waals surface area contributed by atoms with Crippen molar-refractivity contribution < 1.29 is 9.69 Å². The van der Waals surface area contributed by atoms with E-state index in [1.54, 1.807) is 12.1 Å². The molecule has 20 heavy (non-hydrogen) atoms. The zero-order valence-corrected chi connectivity index (χ0v) is 13.4. The van der Waals surface area contributed by atoms with Gasteiger partial charge in [0.1, 0.15) is 0 Å². The fourth-order valence-electron chi connectivity index (χ4n) is 2.45. The maximum atomic E-state index is 12.1. The molecular weight excluding hydrogens is 319 g/mol. The van der Waals surface area contributed by atoms with Crippen LogP contribution in [0.25, 0.3) is 0 Å². The lowest BCUT2D eigenvalue weighted by Crippen LogP contribution is -3.12. The number of benzene rings is 1. The van der Waals surface area contributed by atoms with Gasteiger partial charge < -0.3 is 10.2 Å². The Labute approximate surface area is 134 Å². The number of nitrogens with one attached hydrogen (secondary N) is 2. The van der Waals surface area contributed by atoms with Gasteiger partial charge in [-0.05, 0) is 37.8 Å². The molecule has 1 aliphatic rings. The van der Waals surface area contributed by atoms with Gasteiger partial charge in [0, 0.05) is 0 Å². The summed E-state index contributed by atoms with van der Waals surface area (Å²) >= 11 is 17.8. The van der Waals surface area contributed by atoms with Gasteiger partial charge in [0.05, 0.1) is 33.8 Å². The van der Waals surface area contributed by atoms with E-state index < -0.39 is 0 Å². The van der Waals surface area contributed by atoms with Gasteiger partial charge in [0.25, 0.3) is 5.91 Å². The van der Waals surface area contributed by atoms with Crippen molar-refractivity contribution in [2.24, 2.45) is 0 Å². The Morgan fingerprint density at radius 3 is 2.25 bits per heavy atom. The quantitative estimate of drug-likeness (QED) is 0.817. The molecule has 0 radical (unpaired) electrons. The fraction of sp³-hybridized carbons (Fsp3) is 0.500. The van der Waals surface area contributed by atoms with Crippen molar-refractivity contribution in [3.05, 3.63) is 27.2 Å². The minimum atomic E-state index is -0.0396. The van der Waals surface area contributed by atoms with Crippen LogP contribution in [-0.2, 0) is 4.79 Å². The molecule has 0 spiro atoms. The molecule has 110 valence electrons. The summed E-state index contributed by atoms with van der Waals surface area (Å²) in [5.41, 5.74) is 0.514. The SMILES string of the molecule is O=C(C[NH+]1CCCCCC1)Nc1cc(Cl)c(Cl)cc1Cl. The Hall–Kier alpha value is -0.480. The van der Waals surface area contributed by atoms with Crippen molar-refractivity contribution in [3.8, 4) is 0 Å². The largest absolute Gasteiger partial charge is 0.327 e. The molecule has 0 bridgehead atoms. The van der Waals surface area contributed by atoms with Crippen LogP contribution in [0, 0.1) is 0 Å². The summed E-state index contributed by atoms with van der Waals surface area (Å²) in [6.07, 6.45) is 4.92. The average molecular weight is 337 g/mol. The van der Waals surface area contributed by atoms with Gasteiger partial charge in [-0.3, -0.25) is 4.79 Å². The van der Waals surface area contributed by atoms with Gasteiger partial charge in [0.15, 0.2) is 6.54 Å². The molecule has 0 aliphatic carbocycles. The lowest BCUT2D eigenvalue weighted by molar-refractivity contribution is -0.890. The molecule has 1 fully saturated rings. The molecule has 1 aromatic rings. The number of amides is 1. The Morgan fingerprint density at radius 2 is 1.60 bits per heavy atom. The fourth-order valence-corrected chi connectivity index (χ4v) is 3.04. The van der Waals surface area contributed by atoms with Crippen LogP contribution in [0.15, 0.2) is 12.1 Å². The van der Waals surface area contributed by atoms with E-state index in [0.717, 1.165) is 13.1 Å². The Bertz CT molecular complexity index is 486. The second-order valence-corrected chi connectivity index (χ2v) is 6.36. The topological polar surface area (TPSA) is 33.5 Å². The molecule has 6 heteroatoms. The van der Waals surface area contributed by atoms with Crippen molar-refractivity contribution in [2.75, 3.05) is 25.0 Å². The van der Waals surface area contributed by atoms with E-state index in [1.165, 1.54) is 30.6 Å². The van der Waals surface area contributed by atoms with Gasteiger partial charge in [-0.15, -0.1) is 0 Å². The summed E-state index contributed by atoms with van der Waals surface area (Å²) in [6, 6.07) is 3.13. The minimum Gasteiger partial charge on any atom is -0.327 e. The van der Waals surface area contributed by atoms with Crippen LogP contribution in [-0.4, -0.2) is 25.5 Å². The molecule has 3 nitrogen and oxygen atoms in total. The van der Waals surface area contributed by atoms with Crippen LogP contribution in [0.2, 0.25) is 15.1 Å². The maximum Gasteiger partial charge on any atom is 0.279 e. The van der Waals surface area contributed by atoms with E-state index in [2.05, 4.69) is 5.32 Å². The number of carbonyl (C=O) groups excluding carboxylic acids is 1. The zero-order valence-electron chi connectivity index (χ0n) is 11.1. The van der Waals surface area contributed by atoms with E-state index in [4.69, 9.17) is 34.8 Å². The average Bonchev–Trinajstić information content (AvgIpc) is 2.64. The highest BCUT2D eigenvalue weighted by Crippen LogP contribution is 2.32. The van der Waals surface area contributed by atoms with Crippen molar-refractivity contribution in [1.29, 1.82) is 0 Å². The molecule has 1 heterocycles. The Kier molecular flexibility index (Phi) is 5.97. The third-order valence-corrected chi connectivity index (χ3v) is 4.54. The smallest absolute Gasteiger partial charge is 0.279 e. The summed E-state index contributed by atoms with van der Waals surface area (Å²) in [7, 11) is 0. The van der Waals surface area contributed by atoms with Crippen molar-refractivity contribution in [1.82, 2.24) is 0 Å². The Balaban J connectivity index is 1.95. The second kappa shape index (κ2) is 7.51. The third-order valence-electron chi connectivity index (χ3n) is 3.51. The standard InChI is InChI=1S/C14H17Cl3N2O/c15-10-7-12(17)13(8-11(10)16)18-14(20)9-19-5-3-1-2-4-6-19/h7-8H,1-6,9H2,(H,18,20)/p+1. The number of rotatable bonds is 3. The van der Waals surface area contributed by atoms with Crippen molar-refractivity contribution in [3.63, 3.8) is 0 Å². The summed E-state index contributed by atoms with van der Waals surface area (Å²) in [5.74, 6) is -0.0396. The molecule has 2 N–H and O–H groups in total. The number of hydrogen-bond acceptors (Lipinski definition) is 1. The first-order chi connectivity index (χ1) is 9.56. The van der Waals surface area contributed by atoms with Gasteiger partial charge in [-0.2, -0.15) is 0 Å². The first-order valence-corrected chi connectivity index (χ1v) is 7.97. The van der Waals surface area contributed by atoms with Gasteiger partial charge >= 0.3 is 0 Å². The van der Waals surface area contributed by atoms with E-state index in [0.29, 0.717) is 27.3 Å². The number of halogens is 3. The zero-order chi connectivity index (χ0) is 14.5. The highest BCUT2D eigenvalue weighted by molar-refractivity contribution is 6.44. The predicted octanol–water partition coefficient (Wildman–Crippen LogP) is 3.04. The Morgan fingerprint density at radius 1 is 1.00 bits per heavy atom. The number of likely N-dealkylation sites (tertiary alicyclic amines) is 1. The number of hydrogen-bond donors (Lipinski definition) is 2. The lowest BCUT2D eigenvalue weighted by Gasteiger charge is -2.17.